The van der Waals surface area contributed by atoms with Crippen molar-refractivity contribution in [2.24, 2.45) is 0 Å². The summed E-state index contributed by atoms with van der Waals surface area (Å²) in [7, 11) is 0. The van der Waals surface area contributed by atoms with E-state index < -0.39 is 12.2 Å². The minimum absolute atomic E-state index is 0.153. The highest BCUT2D eigenvalue weighted by molar-refractivity contribution is 5.42. The van der Waals surface area contributed by atoms with Crippen molar-refractivity contribution in [1.29, 1.82) is 0 Å². The van der Waals surface area contributed by atoms with E-state index in [2.05, 4.69) is 0 Å². The average Bonchev–Trinajstić information content (AvgIpc) is 3.04. The predicted molar refractivity (Wildman–Crippen MR) is 162 cm³/mol. The van der Waals surface area contributed by atoms with Crippen LogP contribution in [0, 0.1) is 0 Å². The zero-order chi connectivity index (χ0) is 29.1. The molecule has 0 amide bonds. The van der Waals surface area contributed by atoms with Crippen molar-refractivity contribution >= 4 is 0 Å². The third-order valence-corrected chi connectivity index (χ3v) is 6.90. The second-order valence-corrected chi connectivity index (χ2v) is 10.0. The first-order valence-corrected chi connectivity index (χ1v) is 13.9. The van der Waals surface area contributed by atoms with Crippen LogP contribution in [-0.2, 0) is 26.2 Å². The molecule has 3 N–H and O–H groups in total. The van der Waals surface area contributed by atoms with E-state index in [0.717, 1.165) is 16.7 Å². The van der Waals surface area contributed by atoms with Crippen molar-refractivity contribution in [3.8, 4) is 23.0 Å². The highest BCUT2D eigenvalue weighted by Gasteiger charge is 2.22. The van der Waals surface area contributed by atoms with Gasteiger partial charge in [0.2, 0.25) is 0 Å². The summed E-state index contributed by atoms with van der Waals surface area (Å²) in [5.74, 6) is 1.88. The molecule has 0 aliphatic heterocycles. The average molecular weight is 563 g/mol. The number of aromatic hydroxyl groups is 1. The van der Waals surface area contributed by atoms with E-state index in [1.165, 1.54) is 0 Å². The summed E-state index contributed by atoms with van der Waals surface area (Å²) >= 11 is 0. The number of phenols is 1. The zero-order valence-corrected chi connectivity index (χ0v) is 23.2. The summed E-state index contributed by atoms with van der Waals surface area (Å²) in [5.41, 5.74) is 3.99. The Morgan fingerprint density at radius 2 is 1.14 bits per heavy atom. The number of para-hydroxylation sites is 1. The lowest BCUT2D eigenvalue weighted by Crippen LogP contribution is -2.21. The lowest BCUT2D eigenvalue weighted by atomic mass is 9.97. The van der Waals surface area contributed by atoms with Gasteiger partial charge in [-0.3, -0.25) is 0 Å². The van der Waals surface area contributed by atoms with E-state index in [0.29, 0.717) is 41.6 Å². The lowest BCUT2D eigenvalue weighted by molar-refractivity contribution is 0.0184. The number of benzene rings is 5. The molecule has 0 saturated heterocycles. The Balaban J connectivity index is 1.29. The molecule has 0 heterocycles. The fraction of sp³-hybridized carbons (Fsp3) is 0.167. The number of hydrogen-bond donors (Lipinski definition) is 3. The molecule has 214 valence electrons. The van der Waals surface area contributed by atoms with Crippen LogP contribution < -0.4 is 14.2 Å². The summed E-state index contributed by atoms with van der Waals surface area (Å²) in [6, 6.07) is 39.2. The maximum Gasteiger partial charge on any atom is 0.126 e. The molecule has 0 unspecified atom stereocenters. The van der Waals surface area contributed by atoms with Crippen LogP contribution >= 0.6 is 0 Å². The molecular weight excluding hydrogens is 528 g/mol. The molecule has 5 rings (SSSR count). The number of aliphatic hydroxyl groups excluding tert-OH is 2. The molecule has 2 atom stereocenters. The Hall–Kier alpha value is -4.78. The standard InChI is InChI=1S/C36H34O6/c37-33-17-8-7-14-30(33)25-41-32-19-18-28(35(22-32)42-24-27-12-5-2-6-13-27)21-34(38)36(39)29-15-9-16-31(20-29)40-23-26-10-3-1-4-11-26/h1-20,22,34,36-39H,21,23-25H2/t34-,36-/m1/s1. The van der Waals surface area contributed by atoms with Crippen LogP contribution in [-0.4, -0.2) is 21.4 Å². The lowest BCUT2D eigenvalue weighted by Gasteiger charge is -2.21. The summed E-state index contributed by atoms with van der Waals surface area (Å²) in [6.07, 6.45) is -2.08. The molecule has 0 aliphatic carbocycles. The van der Waals surface area contributed by atoms with Crippen molar-refractivity contribution < 1.29 is 29.5 Å². The maximum absolute atomic E-state index is 11.1. The third-order valence-electron chi connectivity index (χ3n) is 6.90. The van der Waals surface area contributed by atoms with Crippen LogP contribution in [0.25, 0.3) is 0 Å². The van der Waals surface area contributed by atoms with Crippen LogP contribution in [0.3, 0.4) is 0 Å². The highest BCUT2D eigenvalue weighted by Crippen LogP contribution is 2.31. The first kappa shape index (κ1) is 28.7. The van der Waals surface area contributed by atoms with E-state index in [4.69, 9.17) is 14.2 Å². The first-order chi connectivity index (χ1) is 20.5. The molecule has 0 aliphatic rings. The van der Waals surface area contributed by atoms with Gasteiger partial charge in [-0.05, 0) is 46.5 Å². The van der Waals surface area contributed by atoms with Gasteiger partial charge < -0.3 is 29.5 Å². The van der Waals surface area contributed by atoms with Crippen LogP contribution in [0.4, 0.5) is 0 Å². The summed E-state index contributed by atoms with van der Waals surface area (Å²) in [4.78, 5) is 0. The molecule has 0 fully saturated rings. The molecule has 6 heteroatoms. The molecule has 0 aromatic heterocycles. The monoisotopic (exact) mass is 562 g/mol. The summed E-state index contributed by atoms with van der Waals surface area (Å²) < 4.78 is 18.0. The Bertz CT molecular complexity index is 1550. The van der Waals surface area contributed by atoms with Crippen LogP contribution in [0.1, 0.15) is 33.9 Å². The number of phenolic OH excluding ortho intramolecular Hbond substituents is 1. The molecule has 5 aromatic carbocycles. The van der Waals surface area contributed by atoms with Gasteiger partial charge in [-0.2, -0.15) is 0 Å². The van der Waals surface area contributed by atoms with Crippen molar-refractivity contribution in [2.75, 3.05) is 0 Å². The second kappa shape index (κ2) is 14.2. The summed E-state index contributed by atoms with van der Waals surface area (Å²) in [5, 5.41) is 32.2. The van der Waals surface area contributed by atoms with Gasteiger partial charge in [0, 0.05) is 18.1 Å². The Labute approximate surface area is 246 Å². The van der Waals surface area contributed by atoms with Gasteiger partial charge in [-0.15, -0.1) is 0 Å². The number of hydrogen-bond acceptors (Lipinski definition) is 6. The van der Waals surface area contributed by atoms with Gasteiger partial charge in [0.05, 0.1) is 6.10 Å². The van der Waals surface area contributed by atoms with Crippen molar-refractivity contribution in [2.45, 2.75) is 38.4 Å². The zero-order valence-electron chi connectivity index (χ0n) is 23.2. The molecule has 42 heavy (non-hydrogen) atoms. The van der Waals surface area contributed by atoms with Gasteiger partial charge in [0.1, 0.15) is 48.9 Å². The van der Waals surface area contributed by atoms with Crippen molar-refractivity contribution in [1.82, 2.24) is 0 Å². The van der Waals surface area contributed by atoms with E-state index in [-0.39, 0.29) is 18.8 Å². The van der Waals surface area contributed by atoms with E-state index in [1.54, 1.807) is 48.5 Å². The maximum atomic E-state index is 11.1. The Morgan fingerprint density at radius 3 is 1.86 bits per heavy atom. The fourth-order valence-corrected chi connectivity index (χ4v) is 4.55. The Morgan fingerprint density at radius 1 is 0.524 bits per heavy atom. The van der Waals surface area contributed by atoms with E-state index >= 15 is 0 Å². The molecule has 0 saturated carbocycles. The normalized spacial score (nSPS) is 12.3. The summed E-state index contributed by atoms with van der Waals surface area (Å²) in [6.45, 7) is 0.924. The smallest absolute Gasteiger partial charge is 0.126 e. The minimum atomic E-state index is -1.13. The van der Waals surface area contributed by atoms with Gasteiger partial charge in [-0.1, -0.05) is 97.1 Å². The molecule has 0 bridgehead atoms. The predicted octanol–water partition coefficient (Wildman–Crippen LogP) is 6.77. The molecule has 5 aromatic rings. The van der Waals surface area contributed by atoms with Crippen molar-refractivity contribution in [3.05, 3.63) is 155 Å². The number of aliphatic hydroxyl groups is 2. The van der Waals surface area contributed by atoms with Gasteiger partial charge in [-0.25, -0.2) is 0 Å². The molecule has 0 radical (unpaired) electrons. The quantitative estimate of drug-likeness (QED) is 0.147. The molecular formula is C36H34O6. The van der Waals surface area contributed by atoms with E-state index in [9.17, 15) is 15.3 Å². The number of rotatable bonds is 13. The third kappa shape index (κ3) is 7.91. The second-order valence-electron chi connectivity index (χ2n) is 10.0. The van der Waals surface area contributed by atoms with E-state index in [1.807, 2.05) is 78.9 Å². The van der Waals surface area contributed by atoms with Crippen molar-refractivity contribution in [3.63, 3.8) is 0 Å². The largest absolute Gasteiger partial charge is 0.508 e. The van der Waals surface area contributed by atoms with Crippen LogP contribution in [0.15, 0.2) is 127 Å². The first-order valence-electron chi connectivity index (χ1n) is 13.9. The molecule has 0 spiro atoms. The highest BCUT2D eigenvalue weighted by atomic mass is 16.5. The van der Waals surface area contributed by atoms with Crippen LogP contribution in [0.2, 0.25) is 0 Å². The molecule has 6 nitrogen and oxygen atoms in total. The van der Waals surface area contributed by atoms with Gasteiger partial charge in [0.25, 0.3) is 0 Å². The van der Waals surface area contributed by atoms with Gasteiger partial charge in [0.15, 0.2) is 0 Å². The Kier molecular flexibility index (Phi) is 9.73. The van der Waals surface area contributed by atoms with Crippen LogP contribution in [0.5, 0.6) is 23.0 Å². The minimum Gasteiger partial charge on any atom is -0.508 e. The number of ether oxygens (including phenoxy) is 3. The fourth-order valence-electron chi connectivity index (χ4n) is 4.55. The SMILES string of the molecule is Oc1ccccc1COc1ccc(C[C@@H](O)[C@H](O)c2cccc(OCc3ccccc3)c2)c(OCc2ccccc2)c1. The topological polar surface area (TPSA) is 88.4 Å². The van der Waals surface area contributed by atoms with Gasteiger partial charge >= 0.3 is 0 Å².